The number of nitrogens with one attached hydrogen (secondary N) is 1. The van der Waals surface area contributed by atoms with Gasteiger partial charge in [0.25, 0.3) is 0 Å². The van der Waals surface area contributed by atoms with E-state index in [4.69, 9.17) is 16.7 Å². The predicted molar refractivity (Wildman–Crippen MR) is 60.4 cm³/mol. The van der Waals surface area contributed by atoms with Crippen LogP contribution in [0, 0.1) is 11.8 Å². The summed E-state index contributed by atoms with van der Waals surface area (Å²) in [6, 6.07) is 0. The Kier molecular flexibility index (Phi) is 5.53. The van der Waals surface area contributed by atoms with Crippen LogP contribution in [0.1, 0.15) is 26.2 Å². The Labute approximate surface area is 91.3 Å². The van der Waals surface area contributed by atoms with Crippen molar-refractivity contribution in [3.8, 4) is 0 Å². The quantitative estimate of drug-likeness (QED) is 0.740. The molecule has 0 radical (unpaired) electrons. The first-order chi connectivity index (χ1) is 6.77. The van der Waals surface area contributed by atoms with Crippen LogP contribution in [0.5, 0.6) is 0 Å². The van der Waals surface area contributed by atoms with E-state index in [-0.39, 0.29) is 0 Å². The van der Waals surface area contributed by atoms with Crippen LogP contribution < -0.4 is 5.32 Å². The van der Waals surface area contributed by atoms with Gasteiger partial charge in [-0.2, -0.15) is 0 Å². The number of aliphatic hydroxyl groups is 1. The van der Waals surface area contributed by atoms with Gasteiger partial charge >= 0.3 is 0 Å². The average molecular weight is 218 g/mol. The highest BCUT2D eigenvalue weighted by atomic mass is 35.5. The molecule has 1 aliphatic carbocycles. The monoisotopic (exact) mass is 217 g/mol. The van der Waals surface area contributed by atoms with E-state index in [0.29, 0.717) is 18.4 Å². The molecule has 1 saturated carbocycles. The van der Waals surface area contributed by atoms with E-state index >= 15 is 0 Å². The standard InChI is InChI=1S/C11H20ClNO/c1-9(5-12)6-13-7-10-3-2-4-11(10)8-14/h5,10-11,13-14H,2-4,6-8H2,1H3. The van der Waals surface area contributed by atoms with Crippen LogP contribution in [0.15, 0.2) is 11.1 Å². The third-order valence-corrected chi connectivity index (χ3v) is 3.42. The molecule has 1 rings (SSSR count). The predicted octanol–water partition coefficient (Wildman–Crippen LogP) is 2.13. The maximum atomic E-state index is 9.13. The summed E-state index contributed by atoms with van der Waals surface area (Å²) in [6.45, 7) is 4.22. The number of halogens is 1. The van der Waals surface area contributed by atoms with Crippen LogP contribution in [0.3, 0.4) is 0 Å². The van der Waals surface area contributed by atoms with E-state index in [1.165, 1.54) is 19.3 Å². The minimum absolute atomic E-state index is 0.344. The molecule has 14 heavy (non-hydrogen) atoms. The van der Waals surface area contributed by atoms with Crippen LogP contribution in [0.25, 0.3) is 0 Å². The highest BCUT2D eigenvalue weighted by Gasteiger charge is 2.25. The molecule has 0 saturated heterocycles. The summed E-state index contributed by atoms with van der Waals surface area (Å²) in [5.74, 6) is 1.17. The van der Waals surface area contributed by atoms with Crippen LogP contribution in [0.4, 0.5) is 0 Å². The Morgan fingerprint density at radius 3 is 2.86 bits per heavy atom. The number of rotatable bonds is 5. The Bertz CT molecular complexity index is 194. The summed E-state index contributed by atoms with van der Waals surface area (Å²) >= 11 is 5.56. The minimum atomic E-state index is 0.344. The average Bonchev–Trinajstić information content (AvgIpc) is 2.65. The van der Waals surface area contributed by atoms with E-state index in [1.54, 1.807) is 5.54 Å². The van der Waals surface area contributed by atoms with E-state index in [1.807, 2.05) is 6.92 Å². The summed E-state index contributed by atoms with van der Waals surface area (Å²) in [5.41, 5.74) is 2.77. The third kappa shape index (κ3) is 3.60. The van der Waals surface area contributed by atoms with Crippen LogP contribution in [0.2, 0.25) is 0 Å². The van der Waals surface area contributed by atoms with Gasteiger partial charge in [0.2, 0.25) is 0 Å². The zero-order chi connectivity index (χ0) is 10.4. The van der Waals surface area contributed by atoms with Crippen molar-refractivity contribution in [2.75, 3.05) is 19.7 Å². The van der Waals surface area contributed by atoms with Crippen molar-refractivity contribution in [1.29, 1.82) is 0 Å². The fourth-order valence-electron chi connectivity index (χ4n) is 2.12. The second-order valence-corrected chi connectivity index (χ2v) is 4.44. The summed E-state index contributed by atoms with van der Waals surface area (Å²) in [7, 11) is 0. The van der Waals surface area contributed by atoms with Crippen LogP contribution in [-0.2, 0) is 0 Å². The van der Waals surface area contributed by atoms with Crippen molar-refractivity contribution in [2.24, 2.45) is 11.8 Å². The molecular weight excluding hydrogens is 198 g/mol. The lowest BCUT2D eigenvalue weighted by atomic mass is 9.97. The maximum Gasteiger partial charge on any atom is 0.0462 e. The molecule has 0 aromatic carbocycles. The lowest BCUT2D eigenvalue weighted by Gasteiger charge is -2.17. The van der Waals surface area contributed by atoms with Gasteiger partial charge in [-0.1, -0.05) is 18.0 Å². The molecule has 0 spiro atoms. The van der Waals surface area contributed by atoms with Gasteiger partial charge in [0.15, 0.2) is 0 Å². The van der Waals surface area contributed by atoms with Gasteiger partial charge in [0.05, 0.1) is 0 Å². The van der Waals surface area contributed by atoms with Gasteiger partial charge in [0, 0.05) is 18.7 Å². The molecule has 1 fully saturated rings. The molecule has 82 valence electrons. The second kappa shape index (κ2) is 6.44. The third-order valence-electron chi connectivity index (χ3n) is 3.05. The topological polar surface area (TPSA) is 32.3 Å². The van der Waals surface area contributed by atoms with Crippen molar-refractivity contribution in [1.82, 2.24) is 5.32 Å². The lowest BCUT2D eigenvalue weighted by molar-refractivity contribution is 0.193. The summed E-state index contributed by atoms with van der Waals surface area (Å²) in [6.07, 6.45) is 3.71. The van der Waals surface area contributed by atoms with Gasteiger partial charge in [-0.25, -0.2) is 0 Å². The molecule has 3 heteroatoms. The number of hydrogen-bond acceptors (Lipinski definition) is 2. The molecule has 0 aromatic rings. The fraction of sp³-hybridized carbons (Fsp3) is 0.818. The van der Waals surface area contributed by atoms with Gasteiger partial charge in [-0.15, -0.1) is 0 Å². The van der Waals surface area contributed by atoms with E-state index in [0.717, 1.165) is 18.7 Å². The number of aliphatic hydroxyl groups excluding tert-OH is 1. The Balaban J connectivity index is 2.17. The fourth-order valence-corrected chi connectivity index (χ4v) is 2.19. The molecule has 2 unspecified atom stereocenters. The highest BCUT2D eigenvalue weighted by Crippen LogP contribution is 2.30. The second-order valence-electron chi connectivity index (χ2n) is 4.22. The van der Waals surface area contributed by atoms with Crippen molar-refractivity contribution < 1.29 is 5.11 Å². The van der Waals surface area contributed by atoms with Crippen LogP contribution >= 0.6 is 11.6 Å². The first kappa shape index (κ1) is 12.0. The largest absolute Gasteiger partial charge is 0.396 e. The normalized spacial score (nSPS) is 28.4. The van der Waals surface area contributed by atoms with E-state index < -0.39 is 0 Å². The highest BCUT2D eigenvalue weighted by molar-refractivity contribution is 6.25. The Morgan fingerprint density at radius 1 is 1.50 bits per heavy atom. The molecule has 0 aromatic heterocycles. The van der Waals surface area contributed by atoms with E-state index in [9.17, 15) is 0 Å². The molecule has 0 aliphatic heterocycles. The lowest BCUT2D eigenvalue weighted by Crippen LogP contribution is -2.27. The van der Waals surface area contributed by atoms with Crippen molar-refractivity contribution in [2.45, 2.75) is 26.2 Å². The van der Waals surface area contributed by atoms with Crippen molar-refractivity contribution in [3.63, 3.8) is 0 Å². The van der Waals surface area contributed by atoms with Crippen molar-refractivity contribution in [3.05, 3.63) is 11.1 Å². The van der Waals surface area contributed by atoms with Gasteiger partial charge in [-0.3, -0.25) is 0 Å². The summed E-state index contributed by atoms with van der Waals surface area (Å²) in [4.78, 5) is 0. The van der Waals surface area contributed by atoms with Gasteiger partial charge in [-0.05, 0) is 43.7 Å². The molecular formula is C11H20ClNO. The molecule has 2 N–H and O–H groups in total. The zero-order valence-corrected chi connectivity index (χ0v) is 9.56. The first-order valence-corrected chi connectivity index (χ1v) is 5.79. The smallest absolute Gasteiger partial charge is 0.0462 e. The molecule has 0 bridgehead atoms. The van der Waals surface area contributed by atoms with E-state index in [2.05, 4.69) is 5.32 Å². The van der Waals surface area contributed by atoms with Gasteiger partial charge < -0.3 is 10.4 Å². The molecule has 0 amide bonds. The molecule has 0 heterocycles. The zero-order valence-electron chi connectivity index (χ0n) is 8.80. The molecule has 2 nitrogen and oxygen atoms in total. The summed E-state index contributed by atoms with van der Waals surface area (Å²) < 4.78 is 0. The Morgan fingerprint density at radius 2 is 2.21 bits per heavy atom. The SMILES string of the molecule is CC(=CCl)CNCC1CCCC1CO. The first-order valence-electron chi connectivity index (χ1n) is 5.35. The summed E-state index contributed by atoms with van der Waals surface area (Å²) in [5, 5.41) is 12.5. The van der Waals surface area contributed by atoms with Crippen LogP contribution in [-0.4, -0.2) is 24.8 Å². The Hall–Kier alpha value is -0.0500. The number of hydrogen-bond donors (Lipinski definition) is 2. The van der Waals surface area contributed by atoms with Crippen molar-refractivity contribution >= 4 is 11.6 Å². The maximum absolute atomic E-state index is 9.13. The minimum Gasteiger partial charge on any atom is -0.396 e. The van der Waals surface area contributed by atoms with Gasteiger partial charge in [0.1, 0.15) is 0 Å². The molecule has 1 aliphatic rings. The molecule has 2 atom stereocenters.